The van der Waals surface area contributed by atoms with Crippen LogP contribution in [0.5, 0.6) is 5.75 Å². The fourth-order valence-corrected chi connectivity index (χ4v) is 8.45. The van der Waals surface area contributed by atoms with Gasteiger partial charge in [0.1, 0.15) is 17.0 Å². The SMILES string of the molecule is Cc1cc(OCCCc2c(C(=O)OC(C)(C)C)n(CCN3CCOCC3)c3c(-c4c(C)nn(CCCN5C(=O)c6ccccc6C5=O)c4C)cccc23)cc(C)c1Cl. The summed E-state index contributed by atoms with van der Waals surface area (Å²) in [6, 6.07) is 17.2. The molecule has 4 heterocycles. The molecule has 11 nitrogen and oxygen atoms in total. The van der Waals surface area contributed by atoms with Crippen LogP contribution in [0.1, 0.15) is 92.9 Å². The number of morpholine rings is 1. The Morgan fingerprint density at radius 1 is 0.845 bits per heavy atom. The zero-order valence-corrected chi connectivity index (χ0v) is 35.5. The molecule has 2 aliphatic rings. The van der Waals surface area contributed by atoms with E-state index in [0.29, 0.717) is 75.5 Å². The second kappa shape index (κ2) is 17.1. The number of aromatic nitrogens is 3. The Hall–Kier alpha value is -4.97. The van der Waals surface area contributed by atoms with Crippen molar-refractivity contribution in [3.8, 4) is 16.9 Å². The van der Waals surface area contributed by atoms with E-state index in [4.69, 9.17) is 30.9 Å². The second-order valence-corrected chi connectivity index (χ2v) is 16.8. The quantitative estimate of drug-likeness (QED) is 0.0626. The highest BCUT2D eigenvalue weighted by Gasteiger charge is 2.35. The fraction of sp³-hybridized carbons (Fsp3) is 0.435. The van der Waals surface area contributed by atoms with Gasteiger partial charge in [-0.1, -0.05) is 41.9 Å². The van der Waals surface area contributed by atoms with Crippen LogP contribution in [0.2, 0.25) is 5.02 Å². The maximum absolute atomic E-state index is 14.4. The van der Waals surface area contributed by atoms with Gasteiger partial charge >= 0.3 is 5.97 Å². The minimum atomic E-state index is -0.697. The molecule has 12 heteroatoms. The summed E-state index contributed by atoms with van der Waals surface area (Å²) in [5, 5.41) is 6.72. The minimum absolute atomic E-state index is 0.252. The first-order valence-corrected chi connectivity index (χ1v) is 20.7. The van der Waals surface area contributed by atoms with Gasteiger partial charge in [0.2, 0.25) is 0 Å². The van der Waals surface area contributed by atoms with Crippen LogP contribution in [0, 0.1) is 27.7 Å². The van der Waals surface area contributed by atoms with Crippen LogP contribution < -0.4 is 4.74 Å². The van der Waals surface area contributed by atoms with Gasteiger partial charge in [0, 0.05) is 66.5 Å². The van der Waals surface area contributed by atoms with Crippen molar-refractivity contribution in [3.05, 3.63) is 105 Å². The largest absolute Gasteiger partial charge is 0.494 e. The Labute approximate surface area is 345 Å². The monoisotopic (exact) mass is 807 g/mol. The standard InChI is InChI=1S/C46H54ClN5O6/c1-29-27-33(28-30(2)40(29)47)57-24-11-17-35-34-15-10-16-38(41(34)50(21-20-49-22-25-56-26-23-49)42(35)45(55)58-46(5,6)7)39-31(3)48-52(32(39)4)19-12-18-51-43(53)36-13-8-9-14-37(36)44(51)54/h8-10,13-16,27-28H,11-12,17-26H2,1-7H3. The van der Waals surface area contributed by atoms with Gasteiger partial charge in [0.15, 0.2) is 0 Å². The number of halogens is 1. The number of para-hydroxylation sites is 1. The summed E-state index contributed by atoms with van der Waals surface area (Å²) in [5.41, 5.74) is 8.42. The lowest BCUT2D eigenvalue weighted by molar-refractivity contribution is 0.00535. The van der Waals surface area contributed by atoms with E-state index in [9.17, 15) is 14.4 Å². The molecule has 2 amide bonds. The van der Waals surface area contributed by atoms with E-state index < -0.39 is 5.60 Å². The highest BCUT2D eigenvalue weighted by molar-refractivity contribution is 6.32. The molecule has 306 valence electrons. The second-order valence-electron chi connectivity index (χ2n) is 16.4. The molecule has 3 aromatic carbocycles. The Kier molecular flexibility index (Phi) is 12.1. The molecule has 0 unspecified atom stereocenters. The van der Waals surface area contributed by atoms with E-state index in [-0.39, 0.29) is 17.8 Å². The number of carbonyl (C=O) groups is 3. The lowest BCUT2D eigenvalue weighted by Gasteiger charge is -2.27. The molecule has 0 aliphatic carbocycles. The molecule has 2 aliphatic heterocycles. The lowest BCUT2D eigenvalue weighted by atomic mass is 9.98. The van der Waals surface area contributed by atoms with Gasteiger partial charge in [-0.05, 0) is 109 Å². The van der Waals surface area contributed by atoms with E-state index >= 15 is 0 Å². The number of esters is 1. The minimum Gasteiger partial charge on any atom is -0.494 e. The van der Waals surface area contributed by atoms with Crippen LogP contribution in [0.4, 0.5) is 0 Å². The molecule has 0 N–H and O–H groups in total. The Bertz CT molecular complexity index is 2310. The molecule has 58 heavy (non-hydrogen) atoms. The summed E-state index contributed by atoms with van der Waals surface area (Å²) in [6.07, 6.45) is 1.82. The molecule has 5 aromatic rings. The summed E-state index contributed by atoms with van der Waals surface area (Å²) in [7, 11) is 0. The molecular formula is C46H54ClN5O6. The average molecular weight is 808 g/mol. The molecule has 0 bridgehead atoms. The number of ether oxygens (including phenoxy) is 3. The van der Waals surface area contributed by atoms with Crippen molar-refractivity contribution < 1.29 is 28.6 Å². The highest BCUT2D eigenvalue weighted by Crippen LogP contribution is 2.39. The van der Waals surface area contributed by atoms with E-state index in [2.05, 4.69) is 34.6 Å². The maximum atomic E-state index is 14.4. The number of carbonyl (C=O) groups excluding carboxylic acids is 3. The molecule has 0 spiro atoms. The third-order valence-electron chi connectivity index (χ3n) is 11.1. The maximum Gasteiger partial charge on any atom is 0.355 e. The van der Waals surface area contributed by atoms with Gasteiger partial charge in [0.05, 0.1) is 42.2 Å². The molecule has 1 fully saturated rings. The number of aryl methyl sites for hydroxylation is 5. The lowest BCUT2D eigenvalue weighted by Crippen LogP contribution is -2.38. The van der Waals surface area contributed by atoms with E-state index in [1.807, 2.05) is 58.4 Å². The van der Waals surface area contributed by atoms with Crippen molar-refractivity contribution in [2.45, 2.75) is 86.4 Å². The van der Waals surface area contributed by atoms with Crippen molar-refractivity contribution in [3.63, 3.8) is 0 Å². The van der Waals surface area contributed by atoms with Crippen LogP contribution in [0.3, 0.4) is 0 Å². The summed E-state index contributed by atoms with van der Waals surface area (Å²) >= 11 is 6.43. The fourth-order valence-electron chi connectivity index (χ4n) is 8.34. The Morgan fingerprint density at radius 3 is 2.16 bits per heavy atom. The van der Waals surface area contributed by atoms with Crippen LogP contribution in [-0.4, -0.2) is 93.5 Å². The Balaban J connectivity index is 1.23. The Morgan fingerprint density at radius 2 is 1.50 bits per heavy atom. The van der Waals surface area contributed by atoms with E-state index in [0.717, 1.165) is 80.5 Å². The van der Waals surface area contributed by atoms with Crippen LogP contribution >= 0.6 is 11.6 Å². The first-order valence-electron chi connectivity index (χ1n) is 20.3. The first-order chi connectivity index (χ1) is 27.7. The number of nitrogens with zero attached hydrogens (tertiary/aromatic N) is 5. The van der Waals surface area contributed by atoms with Crippen molar-refractivity contribution in [1.29, 1.82) is 0 Å². The van der Waals surface area contributed by atoms with Gasteiger partial charge < -0.3 is 18.8 Å². The number of rotatable bonds is 14. The van der Waals surface area contributed by atoms with E-state index in [1.54, 1.807) is 24.3 Å². The van der Waals surface area contributed by atoms with Gasteiger partial charge in [-0.25, -0.2) is 4.79 Å². The van der Waals surface area contributed by atoms with Crippen LogP contribution in [0.15, 0.2) is 54.6 Å². The molecular weight excluding hydrogens is 754 g/mol. The smallest absolute Gasteiger partial charge is 0.355 e. The number of imide groups is 1. The van der Waals surface area contributed by atoms with Crippen LogP contribution in [-0.2, 0) is 29.0 Å². The highest BCUT2D eigenvalue weighted by atomic mass is 35.5. The number of hydrogen-bond donors (Lipinski definition) is 0. The topological polar surface area (TPSA) is 108 Å². The first kappa shape index (κ1) is 41.2. The molecule has 0 radical (unpaired) electrons. The summed E-state index contributed by atoms with van der Waals surface area (Å²) in [5.74, 6) is -0.0857. The normalized spacial score (nSPS) is 14.8. The number of amides is 2. The van der Waals surface area contributed by atoms with Gasteiger partial charge in [0.25, 0.3) is 11.8 Å². The summed E-state index contributed by atoms with van der Waals surface area (Å²) in [6.45, 7) is 19.3. The van der Waals surface area contributed by atoms with Crippen molar-refractivity contribution in [2.75, 3.05) is 46.0 Å². The van der Waals surface area contributed by atoms with Crippen molar-refractivity contribution >= 4 is 40.3 Å². The van der Waals surface area contributed by atoms with Gasteiger partial charge in [-0.2, -0.15) is 5.10 Å². The number of benzene rings is 3. The summed E-state index contributed by atoms with van der Waals surface area (Å²) in [4.78, 5) is 44.2. The summed E-state index contributed by atoms with van der Waals surface area (Å²) < 4.78 is 22.2. The predicted octanol–water partition coefficient (Wildman–Crippen LogP) is 8.38. The van der Waals surface area contributed by atoms with Crippen molar-refractivity contribution in [2.24, 2.45) is 0 Å². The van der Waals surface area contributed by atoms with Crippen LogP contribution in [0.25, 0.3) is 22.0 Å². The van der Waals surface area contributed by atoms with Gasteiger partial charge in [-0.3, -0.25) is 24.1 Å². The molecule has 0 saturated carbocycles. The third kappa shape index (κ3) is 8.44. The average Bonchev–Trinajstić information content (AvgIpc) is 3.75. The molecule has 0 atom stereocenters. The predicted molar refractivity (Wildman–Crippen MR) is 226 cm³/mol. The third-order valence-corrected chi connectivity index (χ3v) is 11.6. The molecule has 1 saturated heterocycles. The zero-order chi connectivity index (χ0) is 41.3. The number of fused-ring (bicyclic) bond motifs is 2. The number of hydrogen-bond acceptors (Lipinski definition) is 8. The van der Waals surface area contributed by atoms with Gasteiger partial charge in [-0.15, -0.1) is 0 Å². The van der Waals surface area contributed by atoms with E-state index in [1.165, 1.54) is 4.90 Å². The van der Waals surface area contributed by atoms with Crippen molar-refractivity contribution in [1.82, 2.24) is 24.1 Å². The zero-order valence-electron chi connectivity index (χ0n) is 34.7. The molecule has 7 rings (SSSR count). The molecule has 2 aromatic heterocycles.